The summed E-state index contributed by atoms with van der Waals surface area (Å²) in [5, 5.41) is 12.0. The van der Waals surface area contributed by atoms with E-state index in [1.165, 1.54) is 0 Å². The van der Waals surface area contributed by atoms with Gasteiger partial charge in [0.25, 0.3) is 0 Å². The number of aliphatic hydroxyl groups is 1. The second-order valence-corrected chi connectivity index (χ2v) is 6.19. The van der Waals surface area contributed by atoms with Crippen molar-refractivity contribution in [2.24, 2.45) is 10.8 Å². The summed E-state index contributed by atoms with van der Waals surface area (Å²) < 4.78 is 0. The summed E-state index contributed by atoms with van der Waals surface area (Å²) in [5.41, 5.74) is -0.638. The van der Waals surface area contributed by atoms with Crippen molar-refractivity contribution in [1.29, 1.82) is 0 Å². The summed E-state index contributed by atoms with van der Waals surface area (Å²) >= 11 is 5.75. The van der Waals surface area contributed by atoms with Crippen LogP contribution in [0.3, 0.4) is 0 Å². The second kappa shape index (κ2) is 5.87. The average molecular weight is 250 g/mol. The van der Waals surface area contributed by atoms with Gasteiger partial charge in [-0.05, 0) is 25.7 Å². The minimum atomic E-state index is -0.569. The highest BCUT2D eigenvalue weighted by molar-refractivity contribution is 6.19. The van der Waals surface area contributed by atoms with Crippen LogP contribution in [0.15, 0.2) is 0 Å². The third-order valence-corrected chi connectivity index (χ3v) is 3.39. The van der Waals surface area contributed by atoms with E-state index in [1.807, 2.05) is 34.6 Å². The first kappa shape index (κ1) is 15.7. The van der Waals surface area contributed by atoms with E-state index in [1.54, 1.807) is 0 Å². The van der Waals surface area contributed by atoms with Crippen LogP contribution in [0.5, 0.6) is 0 Å². The van der Waals surface area contributed by atoms with Crippen molar-refractivity contribution in [3.05, 3.63) is 0 Å². The van der Waals surface area contributed by atoms with E-state index in [4.69, 9.17) is 16.7 Å². The van der Waals surface area contributed by atoms with Crippen LogP contribution < -0.4 is 5.32 Å². The van der Waals surface area contributed by atoms with Crippen molar-refractivity contribution < 1.29 is 9.90 Å². The molecular formula is C12H24ClNO2. The molecule has 0 aliphatic carbocycles. The molecule has 0 saturated heterocycles. The molecule has 0 aliphatic heterocycles. The molecule has 0 aliphatic rings. The highest BCUT2D eigenvalue weighted by Gasteiger charge is 2.32. The molecule has 0 fully saturated rings. The maximum Gasteiger partial charge on any atom is 0.227 e. The molecule has 2 N–H and O–H groups in total. The molecule has 3 nitrogen and oxygen atoms in total. The van der Waals surface area contributed by atoms with Crippen LogP contribution in [-0.2, 0) is 4.79 Å². The van der Waals surface area contributed by atoms with E-state index in [9.17, 15) is 4.79 Å². The van der Waals surface area contributed by atoms with E-state index in [0.717, 1.165) is 0 Å². The molecule has 0 radical (unpaired) electrons. The minimum absolute atomic E-state index is 0.0347. The van der Waals surface area contributed by atoms with Gasteiger partial charge in [-0.1, -0.05) is 20.8 Å². The molecule has 0 aromatic carbocycles. The Hall–Kier alpha value is -0.280. The van der Waals surface area contributed by atoms with Crippen LogP contribution in [0, 0.1) is 10.8 Å². The minimum Gasteiger partial charge on any atom is -0.396 e. The van der Waals surface area contributed by atoms with Crippen LogP contribution in [-0.4, -0.2) is 29.5 Å². The summed E-state index contributed by atoms with van der Waals surface area (Å²) in [7, 11) is 0. The van der Waals surface area contributed by atoms with Crippen LogP contribution in [0.4, 0.5) is 0 Å². The van der Waals surface area contributed by atoms with Gasteiger partial charge >= 0.3 is 0 Å². The molecule has 0 heterocycles. The third kappa shape index (κ3) is 4.71. The molecule has 4 heteroatoms. The maximum atomic E-state index is 12.0. The first-order valence-electron chi connectivity index (χ1n) is 5.63. The molecule has 96 valence electrons. The molecule has 0 aromatic rings. The highest BCUT2D eigenvalue weighted by Crippen LogP contribution is 2.24. The maximum absolute atomic E-state index is 12.0. The second-order valence-electron chi connectivity index (χ2n) is 5.92. The van der Waals surface area contributed by atoms with E-state index >= 15 is 0 Å². The predicted molar refractivity (Wildman–Crippen MR) is 67.6 cm³/mol. The van der Waals surface area contributed by atoms with Gasteiger partial charge in [0.1, 0.15) is 0 Å². The van der Waals surface area contributed by atoms with Gasteiger partial charge in [-0.25, -0.2) is 0 Å². The lowest BCUT2D eigenvalue weighted by atomic mass is 9.83. The van der Waals surface area contributed by atoms with Gasteiger partial charge in [-0.3, -0.25) is 4.79 Å². The van der Waals surface area contributed by atoms with Gasteiger partial charge in [-0.15, -0.1) is 11.6 Å². The quantitative estimate of drug-likeness (QED) is 0.734. The van der Waals surface area contributed by atoms with E-state index < -0.39 is 5.41 Å². The normalized spacial score (nSPS) is 14.7. The summed E-state index contributed by atoms with van der Waals surface area (Å²) in [4.78, 5) is 12.0. The van der Waals surface area contributed by atoms with Gasteiger partial charge < -0.3 is 10.4 Å². The van der Waals surface area contributed by atoms with Crippen LogP contribution in [0.2, 0.25) is 0 Å². The van der Waals surface area contributed by atoms with Crippen LogP contribution in [0.25, 0.3) is 0 Å². The fourth-order valence-electron chi connectivity index (χ4n) is 1.27. The van der Waals surface area contributed by atoms with Gasteiger partial charge in [0.05, 0.1) is 5.41 Å². The number of alkyl halides is 1. The SMILES string of the molecule is CC(C)(CCl)C(=O)NC(CCO)C(C)(C)C. The van der Waals surface area contributed by atoms with Crippen LogP contribution in [0.1, 0.15) is 41.0 Å². The predicted octanol–water partition coefficient (Wildman–Crippen LogP) is 2.16. The molecule has 0 saturated carbocycles. The Morgan fingerprint density at radius 3 is 2.12 bits per heavy atom. The number of hydrogen-bond donors (Lipinski definition) is 2. The lowest BCUT2D eigenvalue weighted by Gasteiger charge is -2.34. The Morgan fingerprint density at radius 1 is 1.31 bits per heavy atom. The number of carbonyl (C=O) groups excluding carboxylic acids is 1. The molecule has 0 spiro atoms. The largest absolute Gasteiger partial charge is 0.396 e. The summed E-state index contributed by atoms with van der Waals surface area (Å²) in [6, 6.07) is -0.0347. The summed E-state index contributed by atoms with van der Waals surface area (Å²) in [5.74, 6) is 0.227. The number of hydrogen-bond acceptors (Lipinski definition) is 2. The van der Waals surface area contributed by atoms with Crippen molar-refractivity contribution in [1.82, 2.24) is 5.32 Å². The monoisotopic (exact) mass is 249 g/mol. The molecule has 16 heavy (non-hydrogen) atoms. The molecule has 1 amide bonds. The average Bonchev–Trinajstić information content (AvgIpc) is 2.15. The number of halogens is 1. The topological polar surface area (TPSA) is 49.3 Å². The highest BCUT2D eigenvalue weighted by atomic mass is 35.5. The summed E-state index contributed by atoms with van der Waals surface area (Å²) in [6.07, 6.45) is 0.563. The Morgan fingerprint density at radius 2 is 1.81 bits per heavy atom. The Bertz CT molecular complexity index is 234. The van der Waals surface area contributed by atoms with Crippen molar-refractivity contribution in [2.75, 3.05) is 12.5 Å². The fourth-order valence-corrected chi connectivity index (χ4v) is 1.39. The Balaban J connectivity index is 4.59. The number of aliphatic hydroxyl groups excluding tert-OH is 1. The van der Waals surface area contributed by atoms with E-state index in [-0.39, 0.29) is 29.9 Å². The number of rotatable bonds is 5. The van der Waals surface area contributed by atoms with Crippen molar-refractivity contribution >= 4 is 17.5 Å². The van der Waals surface area contributed by atoms with Gasteiger partial charge in [0, 0.05) is 18.5 Å². The van der Waals surface area contributed by atoms with Crippen LogP contribution >= 0.6 is 11.6 Å². The molecule has 0 bridgehead atoms. The van der Waals surface area contributed by atoms with E-state index in [2.05, 4.69) is 5.32 Å². The molecule has 0 aromatic heterocycles. The zero-order valence-electron chi connectivity index (χ0n) is 10.9. The zero-order chi connectivity index (χ0) is 13.0. The van der Waals surface area contributed by atoms with E-state index in [0.29, 0.717) is 6.42 Å². The van der Waals surface area contributed by atoms with Crippen molar-refractivity contribution in [3.8, 4) is 0 Å². The van der Waals surface area contributed by atoms with Gasteiger partial charge in [0.2, 0.25) is 5.91 Å². The fraction of sp³-hybridized carbons (Fsp3) is 0.917. The van der Waals surface area contributed by atoms with Gasteiger partial charge in [0.15, 0.2) is 0 Å². The number of amides is 1. The summed E-state index contributed by atoms with van der Waals surface area (Å²) in [6.45, 7) is 9.83. The molecule has 1 unspecified atom stereocenters. The number of carbonyl (C=O) groups is 1. The zero-order valence-corrected chi connectivity index (χ0v) is 11.7. The molecule has 1 atom stereocenters. The molecular weight excluding hydrogens is 226 g/mol. The third-order valence-electron chi connectivity index (χ3n) is 2.72. The molecule has 0 rings (SSSR count). The first-order valence-corrected chi connectivity index (χ1v) is 6.16. The van der Waals surface area contributed by atoms with Crippen molar-refractivity contribution in [2.45, 2.75) is 47.1 Å². The number of nitrogens with one attached hydrogen (secondary N) is 1. The Labute approximate surface area is 104 Å². The smallest absolute Gasteiger partial charge is 0.227 e. The lowest BCUT2D eigenvalue weighted by Crippen LogP contribution is -2.49. The van der Waals surface area contributed by atoms with Crippen molar-refractivity contribution in [3.63, 3.8) is 0 Å². The standard InChI is InChI=1S/C12H24ClNO2/c1-11(2,3)9(6-7-15)14-10(16)12(4,5)8-13/h9,15H,6-8H2,1-5H3,(H,14,16). The first-order chi connectivity index (χ1) is 7.15. The lowest BCUT2D eigenvalue weighted by molar-refractivity contribution is -0.130. The van der Waals surface area contributed by atoms with Gasteiger partial charge in [-0.2, -0.15) is 0 Å². The Kier molecular flexibility index (Phi) is 5.77.